The van der Waals surface area contributed by atoms with Crippen LogP contribution in [0, 0.1) is 11.7 Å². The van der Waals surface area contributed by atoms with Crippen LogP contribution in [-0.4, -0.2) is 33.0 Å². The smallest absolute Gasteiger partial charge is 0.237 e. The average Bonchev–Trinajstić information content (AvgIpc) is 3.09. The van der Waals surface area contributed by atoms with Crippen molar-refractivity contribution >= 4 is 35.0 Å². The van der Waals surface area contributed by atoms with E-state index in [1.165, 1.54) is 24.9 Å². The Hall–Kier alpha value is -2.58. The number of thioether (sulfide) groups is 1. The summed E-state index contributed by atoms with van der Waals surface area (Å²) < 4.78 is 21.3. The number of benzene rings is 2. The van der Waals surface area contributed by atoms with Gasteiger partial charge in [0.1, 0.15) is 11.6 Å². The number of halogens is 2. The fraction of sp³-hybridized carbons (Fsp3) is 0.318. The number of rotatable bonds is 8. The van der Waals surface area contributed by atoms with E-state index < -0.39 is 5.25 Å². The van der Waals surface area contributed by atoms with Crippen LogP contribution >= 0.6 is 23.4 Å². The first-order valence-electron chi connectivity index (χ1n) is 9.79. The summed E-state index contributed by atoms with van der Waals surface area (Å²) in [5.41, 5.74) is 0.950. The highest BCUT2D eigenvalue weighted by Gasteiger charge is 2.22. The van der Waals surface area contributed by atoms with Crippen LogP contribution in [0.3, 0.4) is 0 Å². The van der Waals surface area contributed by atoms with Crippen molar-refractivity contribution < 1.29 is 13.9 Å². The Balaban J connectivity index is 1.80. The van der Waals surface area contributed by atoms with Crippen molar-refractivity contribution in [1.82, 2.24) is 14.8 Å². The molecule has 0 aliphatic heterocycles. The summed E-state index contributed by atoms with van der Waals surface area (Å²) in [6, 6.07) is 11.5. The number of anilines is 1. The van der Waals surface area contributed by atoms with Crippen LogP contribution in [0.5, 0.6) is 5.75 Å². The van der Waals surface area contributed by atoms with E-state index in [9.17, 15) is 9.18 Å². The molecule has 0 bridgehead atoms. The zero-order valence-electron chi connectivity index (χ0n) is 17.7. The van der Waals surface area contributed by atoms with Crippen LogP contribution in [0.4, 0.5) is 10.1 Å². The molecular formula is C22H24ClFN4O2S. The van der Waals surface area contributed by atoms with E-state index >= 15 is 0 Å². The highest BCUT2D eigenvalue weighted by atomic mass is 35.5. The summed E-state index contributed by atoms with van der Waals surface area (Å²) in [4.78, 5) is 12.7. The van der Waals surface area contributed by atoms with Crippen molar-refractivity contribution in [3.8, 4) is 17.1 Å². The number of nitrogens with zero attached hydrogens (tertiary/aromatic N) is 3. The van der Waals surface area contributed by atoms with E-state index in [4.69, 9.17) is 16.3 Å². The fourth-order valence-corrected chi connectivity index (χ4v) is 4.06. The van der Waals surface area contributed by atoms with Crippen LogP contribution in [0.25, 0.3) is 11.4 Å². The van der Waals surface area contributed by atoms with Crippen molar-refractivity contribution in [1.29, 1.82) is 0 Å². The number of methoxy groups -OCH3 is 1. The van der Waals surface area contributed by atoms with Crippen molar-refractivity contribution in [2.75, 3.05) is 12.4 Å². The van der Waals surface area contributed by atoms with Crippen molar-refractivity contribution in [3.05, 3.63) is 53.3 Å². The molecule has 0 saturated heterocycles. The minimum Gasteiger partial charge on any atom is -0.495 e. The van der Waals surface area contributed by atoms with Crippen LogP contribution in [0.2, 0.25) is 5.02 Å². The van der Waals surface area contributed by atoms with E-state index in [0.29, 0.717) is 39.5 Å². The molecule has 1 atom stereocenters. The molecule has 0 fully saturated rings. The first-order valence-corrected chi connectivity index (χ1v) is 11.0. The summed E-state index contributed by atoms with van der Waals surface area (Å²) in [5, 5.41) is 11.8. The molecule has 2 aromatic carbocycles. The summed E-state index contributed by atoms with van der Waals surface area (Å²) >= 11 is 7.40. The van der Waals surface area contributed by atoms with Gasteiger partial charge in [-0.05, 0) is 43.2 Å². The van der Waals surface area contributed by atoms with Crippen LogP contribution in [0.1, 0.15) is 20.8 Å². The summed E-state index contributed by atoms with van der Waals surface area (Å²) in [6.45, 7) is 6.50. The monoisotopic (exact) mass is 462 g/mol. The van der Waals surface area contributed by atoms with Gasteiger partial charge in [-0.2, -0.15) is 0 Å². The van der Waals surface area contributed by atoms with Gasteiger partial charge in [-0.25, -0.2) is 4.39 Å². The van der Waals surface area contributed by atoms with Crippen molar-refractivity contribution in [2.24, 2.45) is 5.92 Å². The van der Waals surface area contributed by atoms with Gasteiger partial charge in [0.25, 0.3) is 0 Å². The number of hydrogen-bond acceptors (Lipinski definition) is 5. The van der Waals surface area contributed by atoms with Gasteiger partial charge >= 0.3 is 0 Å². The third kappa shape index (κ3) is 5.57. The SMILES string of the molecule is COc1ccc(NC(=O)C(C)Sc2nnc(-c3ccccc3F)n2CC(C)C)cc1Cl. The van der Waals surface area contributed by atoms with Crippen molar-refractivity contribution in [2.45, 2.75) is 37.7 Å². The number of carbonyl (C=O) groups is 1. The Morgan fingerprint density at radius 3 is 2.61 bits per heavy atom. The van der Waals surface area contributed by atoms with Crippen molar-refractivity contribution in [3.63, 3.8) is 0 Å². The molecule has 0 aliphatic carbocycles. The lowest BCUT2D eigenvalue weighted by Crippen LogP contribution is -2.23. The second-order valence-corrected chi connectivity index (χ2v) is 9.10. The Morgan fingerprint density at radius 2 is 1.97 bits per heavy atom. The maximum Gasteiger partial charge on any atom is 0.237 e. The second kappa shape index (κ2) is 10.2. The molecule has 0 radical (unpaired) electrons. The molecule has 9 heteroatoms. The quantitative estimate of drug-likeness (QED) is 0.446. The van der Waals surface area contributed by atoms with Crippen LogP contribution < -0.4 is 10.1 Å². The predicted octanol–water partition coefficient (Wildman–Crippen LogP) is 5.52. The number of aromatic nitrogens is 3. The standard InChI is InChI=1S/C22H24ClFN4O2S/c1-13(2)12-28-20(16-7-5-6-8-18(16)24)26-27-22(28)31-14(3)21(29)25-15-9-10-19(30-4)17(23)11-15/h5-11,13-14H,12H2,1-4H3,(H,25,29). The number of ether oxygens (including phenoxy) is 1. The van der Waals surface area contributed by atoms with Crippen LogP contribution in [0.15, 0.2) is 47.6 Å². The molecule has 1 aromatic heterocycles. The van der Waals surface area contributed by atoms with Gasteiger partial charge in [0, 0.05) is 12.2 Å². The Morgan fingerprint density at radius 1 is 1.23 bits per heavy atom. The molecule has 0 aliphatic rings. The van der Waals surface area contributed by atoms with E-state index in [0.717, 1.165) is 0 Å². The van der Waals surface area contributed by atoms with E-state index in [2.05, 4.69) is 29.4 Å². The molecule has 1 N–H and O–H groups in total. The number of hydrogen-bond donors (Lipinski definition) is 1. The third-order valence-corrected chi connectivity index (χ3v) is 5.83. The highest BCUT2D eigenvalue weighted by Crippen LogP contribution is 2.31. The Bertz CT molecular complexity index is 1070. The normalized spacial score (nSPS) is 12.1. The average molecular weight is 463 g/mol. The van der Waals surface area contributed by atoms with Crippen LogP contribution in [-0.2, 0) is 11.3 Å². The molecule has 1 amide bonds. The zero-order valence-corrected chi connectivity index (χ0v) is 19.3. The molecule has 0 spiro atoms. The first kappa shape index (κ1) is 23.1. The Labute approximate surface area is 190 Å². The number of nitrogens with one attached hydrogen (secondary N) is 1. The zero-order chi connectivity index (χ0) is 22.5. The van der Waals surface area contributed by atoms with Gasteiger partial charge in [0.2, 0.25) is 5.91 Å². The van der Waals surface area contributed by atoms with Gasteiger partial charge in [-0.3, -0.25) is 4.79 Å². The molecule has 164 valence electrons. The fourth-order valence-electron chi connectivity index (χ4n) is 2.95. The predicted molar refractivity (Wildman–Crippen MR) is 122 cm³/mol. The maximum atomic E-state index is 14.3. The number of amides is 1. The molecule has 1 heterocycles. The molecule has 6 nitrogen and oxygen atoms in total. The summed E-state index contributed by atoms with van der Waals surface area (Å²) in [5.74, 6) is 0.691. The lowest BCUT2D eigenvalue weighted by Gasteiger charge is -2.15. The van der Waals surface area contributed by atoms with Gasteiger partial charge in [-0.1, -0.05) is 49.3 Å². The lowest BCUT2D eigenvalue weighted by atomic mass is 10.2. The first-order chi connectivity index (χ1) is 14.8. The second-order valence-electron chi connectivity index (χ2n) is 7.39. The highest BCUT2D eigenvalue weighted by molar-refractivity contribution is 8.00. The van der Waals surface area contributed by atoms with Gasteiger partial charge in [-0.15, -0.1) is 10.2 Å². The molecule has 0 saturated carbocycles. The molecular weight excluding hydrogens is 439 g/mol. The topological polar surface area (TPSA) is 69.0 Å². The molecule has 31 heavy (non-hydrogen) atoms. The largest absolute Gasteiger partial charge is 0.495 e. The molecule has 3 aromatic rings. The molecule has 1 unspecified atom stereocenters. The van der Waals surface area contributed by atoms with E-state index in [-0.39, 0.29) is 17.6 Å². The summed E-state index contributed by atoms with van der Waals surface area (Å²) in [7, 11) is 1.53. The van der Waals surface area contributed by atoms with Gasteiger partial charge in [0.05, 0.1) is 22.9 Å². The Kier molecular flexibility index (Phi) is 7.56. The van der Waals surface area contributed by atoms with Gasteiger partial charge < -0.3 is 14.6 Å². The van der Waals surface area contributed by atoms with E-state index in [1.54, 1.807) is 43.3 Å². The lowest BCUT2D eigenvalue weighted by molar-refractivity contribution is -0.115. The number of carbonyl (C=O) groups excluding carboxylic acids is 1. The van der Waals surface area contributed by atoms with Gasteiger partial charge in [0.15, 0.2) is 11.0 Å². The minimum absolute atomic E-state index is 0.210. The third-order valence-electron chi connectivity index (χ3n) is 4.45. The maximum absolute atomic E-state index is 14.3. The summed E-state index contributed by atoms with van der Waals surface area (Å²) in [6.07, 6.45) is 0. The minimum atomic E-state index is -0.468. The molecule has 3 rings (SSSR count). The van der Waals surface area contributed by atoms with E-state index in [1.807, 2.05) is 4.57 Å².